The topological polar surface area (TPSA) is 31.4 Å². The van der Waals surface area contributed by atoms with Crippen molar-refractivity contribution in [2.24, 2.45) is 0 Å². The van der Waals surface area contributed by atoms with Crippen LogP contribution in [0, 0.1) is 13.8 Å². The Bertz CT molecular complexity index is 549. The lowest BCUT2D eigenvalue weighted by atomic mass is 10.0. The number of rotatable bonds is 4. The third kappa shape index (κ3) is 2.54. The average molecular weight is 263 g/mol. The second-order valence-electron chi connectivity index (χ2n) is 4.20. The lowest BCUT2D eigenvalue weighted by Crippen LogP contribution is -1.92. The van der Waals surface area contributed by atoms with Crippen LogP contribution >= 0.6 is 11.3 Å². The summed E-state index contributed by atoms with van der Waals surface area (Å²) in [4.78, 5) is 4.58. The molecule has 0 saturated carbocycles. The molecular formula is C14H17NO2S. The van der Waals surface area contributed by atoms with E-state index in [1.165, 1.54) is 5.56 Å². The molecule has 0 radical (unpaired) electrons. The van der Waals surface area contributed by atoms with Gasteiger partial charge in [-0.3, -0.25) is 0 Å². The number of hydrogen-bond donors (Lipinski definition) is 0. The van der Waals surface area contributed by atoms with Gasteiger partial charge in [0.2, 0.25) is 0 Å². The van der Waals surface area contributed by atoms with E-state index in [1.807, 2.05) is 6.92 Å². The summed E-state index contributed by atoms with van der Waals surface area (Å²) in [7, 11) is 3.38. The zero-order valence-electron chi connectivity index (χ0n) is 11.1. The molecule has 0 bridgehead atoms. The van der Waals surface area contributed by atoms with Crippen LogP contribution in [0.3, 0.4) is 0 Å². The lowest BCUT2D eigenvalue weighted by molar-refractivity contribution is 0.184. The van der Waals surface area contributed by atoms with Crippen LogP contribution in [0.25, 0.3) is 11.3 Å². The van der Waals surface area contributed by atoms with E-state index in [2.05, 4.69) is 29.4 Å². The first-order valence-corrected chi connectivity index (χ1v) is 6.62. The fourth-order valence-corrected chi connectivity index (χ4v) is 2.67. The van der Waals surface area contributed by atoms with Crippen molar-refractivity contribution < 1.29 is 9.47 Å². The van der Waals surface area contributed by atoms with Crippen molar-refractivity contribution in [1.29, 1.82) is 0 Å². The Hall–Kier alpha value is -1.39. The standard InChI is InChI=1S/C14H17NO2S/c1-9-6-13(17-4)10(2)5-11(9)12-8-18-14(15-12)7-16-3/h5-6,8H,7H2,1-4H3. The first kappa shape index (κ1) is 13.1. The summed E-state index contributed by atoms with van der Waals surface area (Å²) in [5.74, 6) is 0.920. The van der Waals surface area contributed by atoms with E-state index in [9.17, 15) is 0 Å². The minimum absolute atomic E-state index is 0.568. The van der Waals surface area contributed by atoms with Crippen molar-refractivity contribution >= 4 is 11.3 Å². The number of aryl methyl sites for hydroxylation is 2. The Morgan fingerprint density at radius 1 is 1.17 bits per heavy atom. The van der Waals surface area contributed by atoms with Gasteiger partial charge in [0, 0.05) is 18.1 Å². The van der Waals surface area contributed by atoms with Crippen molar-refractivity contribution in [2.45, 2.75) is 20.5 Å². The molecule has 0 aliphatic rings. The Kier molecular flexibility index (Phi) is 3.99. The van der Waals surface area contributed by atoms with Gasteiger partial charge in [0.15, 0.2) is 0 Å². The highest BCUT2D eigenvalue weighted by Gasteiger charge is 2.10. The van der Waals surface area contributed by atoms with Crippen LogP contribution in [0.1, 0.15) is 16.1 Å². The van der Waals surface area contributed by atoms with Crippen molar-refractivity contribution in [3.8, 4) is 17.0 Å². The summed E-state index contributed by atoms with van der Waals surface area (Å²) in [6.07, 6.45) is 0. The predicted molar refractivity (Wildman–Crippen MR) is 74.3 cm³/mol. The van der Waals surface area contributed by atoms with Crippen LogP contribution in [-0.4, -0.2) is 19.2 Å². The molecule has 0 atom stereocenters. The highest BCUT2D eigenvalue weighted by molar-refractivity contribution is 7.09. The molecule has 3 nitrogen and oxygen atoms in total. The van der Waals surface area contributed by atoms with Gasteiger partial charge in [-0.2, -0.15) is 0 Å². The number of methoxy groups -OCH3 is 2. The maximum Gasteiger partial charge on any atom is 0.122 e. The van der Waals surface area contributed by atoms with Crippen molar-refractivity contribution in [3.63, 3.8) is 0 Å². The van der Waals surface area contributed by atoms with Gasteiger partial charge < -0.3 is 9.47 Å². The van der Waals surface area contributed by atoms with Gasteiger partial charge in [0.1, 0.15) is 10.8 Å². The molecule has 0 saturated heterocycles. The Morgan fingerprint density at radius 2 is 1.94 bits per heavy atom. The van der Waals surface area contributed by atoms with E-state index < -0.39 is 0 Å². The molecule has 0 N–H and O–H groups in total. The summed E-state index contributed by atoms with van der Waals surface area (Å²) >= 11 is 1.63. The molecule has 0 fully saturated rings. The second kappa shape index (κ2) is 5.50. The van der Waals surface area contributed by atoms with Gasteiger partial charge in [-0.05, 0) is 37.1 Å². The van der Waals surface area contributed by atoms with Gasteiger partial charge in [0.05, 0.1) is 19.4 Å². The molecule has 0 unspecified atom stereocenters. The minimum Gasteiger partial charge on any atom is -0.496 e. The molecule has 0 aliphatic heterocycles. The highest BCUT2D eigenvalue weighted by Crippen LogP contribution is 2.30. The Labute approximate surface area is 111 Å². The molecule has 2 aromatic rings. The van der Waals surface area contributed by atoms with Crippen LogP contribution < -0.4 is 4.74 Å². The van der Waals surface area contributed by atoms with E-state index in [0.29, 0.717) is 6.61 Å². The summed E-state index contributed by atoms with van der Waals surface area (Å²) in [6, 6.07) is 4.18. The quantitative estimate of drug-likeness (QED) is 0.845. The SMILES string of the molecule is COCc1nc(-c2cc(C)c(OC)cc2C)cs1. The molecule has 4 heteroatoms. The maximum absolute atomic E-state index is 5.32. The molecule has 96 valence electrons. The molecule has 0 amide bonds. The Balaban J connectivity index is 2.40. The Morgan fingerprint density at radius 3 is 2.61 bits per heavy atom. The van der Waals surface area contributed by atoms with Crippen molar-refractivity contribution in [2.75, 3.05) is 14.2 Å². The summed E-state index contributed by atoms with van der Waals surface area (Å²) in [5.41, 5.74) is 4.47. The largest absolute Gasteiger partial charge is 0.496 e. The fourth-order valence-electron chi connectivity index (χ4n) is 1.91. The summed E-state index contributed by atoms with van der Waals surface area (Å²) < 4.78 is 10.4. The smallest absolute Gasteiger partial charge is 0.122 e. The number of benzene rings is 1. The van der Waals surface area contributed by atoms with Crippen LogP contribution in [0.5, 0.6) is 5.75 Å². The second-order valence-corrected chi connectivity index (χ2v) is 5.14. The molecule has 0 spiro atoms. The molecule has 1 aromatic carbocycles. The third-order valence-corrected chi connectivity index (χ3v) is 3.66. The van der Waals surface area contributed by atoms with E-state index in [0.717, 1.165) is 27.6 Å². The van der Waals surface area contributed by atoms with Gasteiger partial charge >= 0.3 is 0 Å². The van der Waals surface area contributed by atoms with Crippen LogP contribution in [0.4, 0.5) is 0 Å². The van der Waals surface area contributed by atoms with Crippen molar-refractivity contribution in [1.82, 2.24) is 4.98 Å². The summed E-state index contributed by atoms with van der Waals surface area (Å²) in [6.45, 7) is 4.69. The van der Waals surface area contributed by atoms with E-state index in [-0.39, 0.29) is 0 Å². The van der Waals surface area contributed by atoms with Gasteiger partial charge in [-0.25, -0.2) is 4.98 Å². The molecule has 18 heavy (non-hydrogen) atoms. The first-order chi connectivity index (χ1) is 8.65. The fraction of sp³-hybridized carbons (Fsp3) is 0.357. The lowest BCUT2D eigenvalue weighted by Gasteiger charge is -2.09. The van der Waals surface area contributed by atoms with Crippen LogP contribution in [-0.2, 0) is 11.3 Å². The maximum atomic E-state index is 5.32. The van der Waals surface area contributed by atoms with E-state index >= 15 is 0 Å². The monoisotopic (exact) mass is 263 g/mol. The number of nitrogens with zero attached hydrogens (tertiary/aromatic N) is 1. The van der Waals surface area contributed by atoms with E-state index in [1.54, 1.807) is 25.6 Å². The molecule has 1 aromatic heterocycles. The van der Waals surface area contributed by atoms with Gasteiger partial charge in [-0.15, -0.1) is 11.3 Å². The highest BCUT2D eigenvalue weighted by atomic mass is 32.1. The number of aromatic nitrogens is 1. The third-order valence-electron chi connectivity index (χ3n) is 2.84. The van der Waals surface area contributed by atoms with Crippen molar-refractivity contribution in [3.05, 3.63) is 33.6 Å². The number of ether oxygens (including phenoxy) is 2. The predicted octanol–water partition coefficient (Wildman–Crippen LogP) is 3.58. The summed E-state index contributed by atoms with van der Waals surface area (Å²) in [5, 5.41) is 3.07. The zero-order chi connectivity index (χ0) is 13.1. The van der Waals surface area contributed by atoms with Gasteiger partial charge in [0.25, 0.3) is 0 Å². The first-order valence-electron chi connectivity index (χ1n) is 5.74. The minimum atomic E-state index is 0.568. The molecule has 2 rings (SSSR count). The molecule has 0 aliphatic carbocycles. The molecular weight excluding hydrogens is 246 g/mol. The van der Waals surface area contributed by atoms with E-state index in [4.69, 9.17) is 9.47 Å². The number of thiazole rings is 1. The number of hydrogen-bond acceptors (Lipinski definition) is 4. The van der Waals surface area contributed by atoms with Gasteiger partial charge in [-0.1, -0.05) is 0 Å². The average Bonchev–Trinajstić information content (AvgIpc) is 2.80. The van der Waals surface area contributed by atoms with Crippen LogP contribution in [0.2, 0.25) is 0 Å². The normalized spacial score (nSPS) is 10.7. The molecule has 1 heterocycles. The zero-order valence-corrected chi connectivity index (χ0v) is 11.9. The van der Waals surface area contributed by atoms with Crippen LogP contribution in [0.15, 0.2) is 17.5 Å².